The monoisotopic (exact) mass is 356 g/mol. The molecule has 5 heteroatoms. The number of nitrogens with one attached hydrogen (secondary N) is 1. The fourth-order valence-corrected chi connectivity index (χ4v) is 4.59. The van der Waals surface area contributed by atoms with E-state index in [4.69, 9.17) is 16.6 Å². The van der Waals surface area contributed by atoms with Crippen LogP contribution < -0.4 is 5.32 Å². The van der Waals surface area contributed by atoms with Gasteiger partial charge in [-0.1, -0.05) is 27.5 Å². The zero-order valence-electron chi connectivity index (χ0n) is 10.5. The lowest BCUT2D eigenvalue weighted by atomic mass is 9.98. The van der Waals surface area contributed by atoms with E-state index in [1.165, 1.54) is 23.4 Å². The Bertz CT molecular complexity index is 611. The SMILES string of the molecule is CNC1CCCc2nc(-c3ccc(Br)cc3Cl)sc21. The third-order valence-corrected chi connectivity index (χ3v) is 5.51. The molecule has 1 aromatic heterocycles. The first-order chi connectivity index (χ1) is 9.19. The predicted molar refractivity (Wildman–Crippen MR) is 85.0 cm³/mol. The maximum Gasteiger partial charge on any atom is 0.125 e. The van der Waals surface area contributed by atoms with Gasteiger partial charge in [-0.2, -0.15) is 0 Å². The average molecular weight is 358 g/mol. The van der Waals surface area contributed by atoms with Gasteiger partial charge in [0.25, 0.3) is 0 Å². The maximum atomic E-state index is 6.32. The number of thiazole rings is 1. The average Bonchev–Trinajstić information content (AvgIpc) is 2.81. The van der Waals surface area contributed by atoms with E-state index >= 15 is 0 Å². The summed E-state index contributed by atoms with van der Waals surface area (Å²) in [5.41, 5.74) is 2.27. The summed E-state index contributed by atoms with van der Waals surface area (Å²) in [6.45, 7) is 0. The molecular weight excluding hydrogens is 344 g/mol. The van der Waals surface area contributed by atoms with Gasteiger partial charge >= 0.3 is 0 Å². The first-order valence-electron chi connectivity index (χ1n) is 6.31. The Morgan fingerprint density at radius 2 is 2.32 bits per heavy atom. The van der Waals surface area contributed by atoms with E-state index in [2.05, 4.69) is 21.2 Å². The van der Waals surface area contributed by atoms with Crippen molar-refractivity contribution in [1.82, 2.24) is 10.3 Å². The molecule has 2 nitrogen and oxygen atoms in total. The second-order valence-corrected chi connectivity index (χ2v) is 7.04. The molecule has 1 aliphatic carbocycles. The van der Waals surface area contributed by atoms with E-state index in [1.54, 1.807) is 11.3 Å². The molecule has 1 atom stereocenters. The van der Waals surface area contributed by atoms with Gasteiger partial charge in [-0.15, -0.1) is 11.3 Å². The number of fused-ring (bicyclic) bond motifs is 1. The lowest BCUT2D eigenvalue weighted by Gasteiger charge is -2.19. The van der Waals surface area contributed by atoms with Gasteiger partial charge in [0, 0.05) is 21.0 Å². The molecule has 1 N–H and O–H groups in total. The van der Waals surface area contributed by atoms with Gasteiger partial charge < -0.3 is 5.32 Å². The minimum Gasteiger partial charge on any atom is -0.312 e. The Balaban J connectivity index is 2.05. The number of halogens is 2. The molecule has 3 rings (SSSR count). The van der Waals surface area contributed by atoms with Crippen LogP contribution in [0.4, 0.5) is 0 Å². The van der Waals surface area contributed by atoms with Crippen molar-refractivity contribution >= 4 is 38.9 Å². The summed E-state index contributed by atoms with van der Waals surface area (Å²) in [4.78, 5) is 6.17. The lowest BCUT2D eigenvalue weighted by molar-refractivity contribution is 0.501. The Hall–Kier alpha value is -0.420. The molecule has 19 heavy (non-hydrogen) atoms. The quantitative estimate of drug-likeness (QED) is 0.833. The van der Waals surface area contributed by atoms with Gasteiger partial charge in [-0.3, -0.25) is 0 Å². The molecule has 0 amide bonds. The highest BCUT2D eigenvalue weighted by molar-refractivity contribution is 9.10. The van der Waals surface area contributed by atoms with Crippen LogP contribution >= 0.6 is 38.9 Å². The summed E-state index contributed by atoms with van der Waals surface area (Å²) in [5.74, 6) is 0. The van der Waals surface area contributed by atoms with E-state index in [0.717, 1.165) is 26.5 Å². The van der Waals surface area contributed by atoms with Crippen LogP contribution in [-0.4, -0.2) is 12.0 Å². The minimum absolute atomic E-state index is 0.448. The Kier molecular flexibility index (Phi) is 3.94. The van der Waals surface area contributed by atoms with Crippen molar-refractivity contribution in [3.63, 3.8) is 0 Å². The molecule has 1 aliphatic rings. The van der Waals surface area contributed by atoms with E-state index in [9.17, 15) is 0 Å². The van der Waals surface area contributed by atoms with Crippen LogP contribution in [0.15, 0.2) is 22.7 Å². The molecule has 0 fully saturated rings. The van der Waals surface area contributed by atoms with E-state index in [0.29, 0.717) is 6.04 Å². The third-order valence-electron chi connectivity index (χ3n) is 3.46. The number of hydrogen-bond donors (Lipinski definition) is 1. The summed E-state index contributed by atoms with van der Waals surface area (Å²) in [5, 5.41) is 5.16. The highest BCUT2D eigenvalue weighted by Crippen LogP contribution is 2.40. The van der Waals surface area contributed by atoms with Gasteiger partial charge in [0.15, 0.2) is 0 Å². The molecule has 0 saturated carbocycles. The summed E-state index contributed by atoms with van der Waals surface area (Å²) in [7, 11) is 2.02. The smallest absolute Gasteiger partial charge is 0.125 e. The van der Waals surface area contributed by atoms with E-state index in [-0.39, 0.29) is 0 Å². The zero-order valence-corrected chi connectivity index (χ0v) is 13.7. The van der Waals surface area contributed by atoms with Crippen LogP contribution in [0.25, 0.3) is 10.6 Å². The van der Waals surface area contributed by atoms with Crippen molar-refractivity contribution in [2.45, 2.75) is 25.3 Å². The zero-order chi connectivity index (χ0) is 13.4. The first kappa shape index (κ1) is 13.6. The molecule has 0 bridgehead atoms. The van der Waals surface area contributed by atoms with Crippen molar-refractivity contribution in [3.05, 3.63) is 38.3 Å². The fraction of sp³-hybridized carbons (Fsp3) is 0.357. The molecule has 2 aromatic rings. The summed E-state index contributed by atoms with van der Waals surface area (Å²) >= 11 is 11.5. The van der Waals surface area contributed by atoms with Crippen LogP contribution in [0.5, 0.6) is 0 Å². The van der Waals surface area contributed by atoms with Crippen molar-refractivity contribution in [3.8, 4) is 10.6 Å². The predicted octanol–water partition coefficient (Wildman–Crippen LogP) is 4.82. The first-order valence-corrected chi connectivity index (χ1v) is 8.30. The largest absolute Gasteiger partial charge is 0.312 e. The van der Waals surface area contributed by atoms with Gasteiger partial charge in [-0.25, -0.2) is 4.98 Å². The normalized spacial score (nSPS) is 18.4. The standard InChI is InChI=1S/C14H14BrClN2S/c1-17-11-3-2-4-12-13(11)19-14(18-12)9-6-5-8(15)7-10(9)16/h5-7,11,17H,2-4H2,1H3. The number of rotatable bonds is 2. The Labute approximate surface area is 130 Å². The van der Waals surface area contributed by atoms with Gasteiger partial charge in [0.1, 0.15) is 5.01 Å². The van der Waals surface area contributed by atoms with Crippen LogP contribution in [-0.2, 0) is 6.42 Å². The van der Waals surface area contributed by atoms with Crippen molar-refractivity contribution in [1.29, 1.82) is 0 Å². The molecule has 1 heterocycles. The molecular formula is C14H14BrClN2S. The van der Waals surface area contributed by atoms with Crippen LogP contribution in [0.1, 0.15) is 29.5 Å². The second kappa shape index (κ2) is 5.52. The summed E-state index contributed by atoms with van der Waals surface area (Å²) in [6, 6.07) is 6.42. The topological polar surface area (TPSA) is 24.9 Å². The van der Waals surface area contributed by atoms with E-state index in [1.807, 2.05) is 25.2 Å². The number of aromatic nitrogens is 1. The maximum absolute atomic E-state index is 6.32. The molecule has 100 valence electrons. The van der Waals surface area contributed by atoms with Gasteiger partial charge in [-0.05, 0) is 44.5 Å². The summed E-state index contributed by atoms with van der Waals surface area (Å²) in [6.07, 6.45) is 3.48. The van der Waals surface area contributed by atoms with E-state index < -0.39 is 0 Å². The number of nitrogens with zero attached hydrogens (tertiary/aromatic N) is 1. The van der Waals surface area contributed by atoms with Crippen LogP contribution in [0.3, 0.4) is 0 Å². The molecule has 1 aromatic carbocycles. The molecule has 0 saturated heterocycles. The second-order valence-electron chi connectivity index (χ2n) is 4.69. The van der Waals surface area contributed by atoms with Gasteiger partial charge in [0.2, 0.25) is 0 Å². The molecule has 1 unspecified atom stereocenters. The van der Waals surface area contributed by atoms with Crippen molar-refractivity contribution < 1.29 is 0 Å². The van der Waals surface area contributed by atoms with Crippen molar-refractivity contribution in [2.75, 3.05) is 7.05 Å². The molecule has 0 radical (unpaired) electrons. The third kappa shape index (κ3) is 2.59. The highest BCUT2D eigenvalue weighted by atomic mass is 79.9. The van der Waals surface area contributed by atoms with Crippen LogP contribution in [0.2, 0.25) is 5.02 Å². The fourth-order valence-electron chi connectivity index (χ4n) is 2.47. The Morgan fingerprint density at radius 3 is 3.05 bits per heavy atom. The summed E-state index contributed by atoms with van der Waals surface area (Å²) < 4.78 is 0.996. The number of hydrogen-bond acceptors (Lipinski definition) is 3. The van der Waals surface area contributed by atoms with Gasteiger partial charge in [0.05, 0.1) is 10.7 Å². The minimum atomic E-state index is 0.448. The Morgan fingerprint density at radius 1 is 1.47 bits per heavy atom. The number of aryl methyl sites for hydroxylation is 1. The lowest BCUT2D eigenvalue weighted by Crippen LogP contribution is -2.19. The van der Waals surface area contributed by atoms with Crippen LogP contribution in [0, 0.1) is 0 Å². The van der Waals surface area contributed by atoms with Crippen molar-refractivity contribution in [2.24, 2.45) is 0 Å². The molecule has 0 aliphatic heterocycles. The molecule has 0 spiro atoms. The highest BCUT2D eigenvalue weighted by Gasteiger charge is 2.24. The number of benzene rings is 1.